The van der Waals surface area contributed by atoms with E-state index >= 15 is 0 Å². The van der Waals surface area contributed by atoms with Gasteiger partial charge in [0.15, 0.2) is 0 Å². The van der Waals surface area contributed by atoms with Crippen molar-refractivity contribution in [1.82, 2.24) is 4.90 Å². The van der Waals surface area contributed by atoms with E-state index in [2.05, 4.69) is 11.0 Å². The molecule has 0 N–H and O–H groups in total. The molecular weight excluding hydrogens is 266 g/mol. The van der Waals surface area contributed by atoms with Crippen molar-refractivity contribution >= 4 is 0 Å². The van der Waals surface area contributed by atoms with Gasteiger partial charge in [-0.15, -0.1) is 0 Å². The highest BCUT2D eigenvalue weighted by Gasteiger charge is 2.43. The van der Waals surface area contributed by atoms with Gasteiger partial charge in [0.2, 0.25) is 0 Å². The number of rotatable bonds is 5. The number of aryl methyl sites for hydroxylation is 1. The molecule has 3 aliphatic rings. The van der Waals surface area contributed by atoms with Gasteiger partial charge in [-0.3, -0.25) is 4.90 Å². The first-order chi connectivity index (χ1) is 10.3. The van der Waals surface area contributed by atoms with Crippen LogP contribution in [0, 0.1) is 12.8 Å². The molecule has 1 aromatic rings. The molecule has 4 rings (SSSR count). The van der Waals surface area contributed by atoms with Gasteiger partial charge in [-0.05, 0) is 50.7 Å². The van der Waals surface area contributed by atoms with E-state index in [0.717, 1.165) is 50.2 Å². The SMILES string of the molecule is Cc1ccc(CN2CCO[C@H]3CC[C@H]2[C@H]3OCC2CC2)o1. The Morgan fingerprint density at radius 2 is 2.14 bits per heavy atom. The molecule has 2 saturated carbocycles. The van der Waals surface area contributed by atoms with Gasteiger partial charge in [-0.2, -0.15) is 0 Å². The Morgan fingerprint density at radius 1 is 1.24 bits per heavy atom. The van der Waals surface area contributed by atoms with Crippen molar-refractivity contribution in [1.29, 1.82) is 0 Å². The fourth-order valence-electron chi connectivity index (χ4n) is 3.68. The summed E-state index contributed by atoms with van der Waals surface area (Å²) >= 11 is 0. The predicted molar refractivity (Wildman–Crippen MR) is 79.1 cm³/mol. The third-order valence-corrected chi connectivity index (χ3v) is 5.05. The normalized spacial score (nSPS) is 33.3. The lowest BCUT2D eigenvalue weighted by Crippen LogP contribution is -2.43. The van der Waals surface area contributed by atoms with Gasteiger partial charge in [0.25, 0.3) is 0 Å². The first kappa shape index (κ1) is 13.8. The van der Waals surface area contributed by atoms with E-state index in [1.807, 2.05) is 13.0 Å². The molecule has 1 aliphatic heterocycles. The van der Waals surface area contributed by atoms with Gasteiger partial charge >= 0.3 is 0 Å². The highest BCUT2D eigenvalue weighted by atomic mass is 16.5. The highest BCUT2D eigenvalue weighted by molar-refractivity contribution is 5.06. The number of hydrogen-bond acceptors (Lipinski definition) is 4. The standard InChI is InChI=1S/C17H25NO3/c1-12-2-5-14(21-12)10-18-8-9-19-16-7-6-15(18)17(16)20-11-13-3-4-13/h2,5,13,15-17H,3-4,6-11H2,1H3/t15-,16-,17+/m0/s1. The zero-order chi connectivity index (χ0) is 14.2. The summed E-state index contributed by atoms with van der Waals surface area (Å²) < 4.78 is 18.0. The van der Waals surface area contributed by atoms with Gasteiger partial charge in [0.05, 0.1) is 25.4 Å². The molecule has 2 aliphatic carbocycles. The minimum atomic E-state index is 0.254. The van der Waals surface area contributed by atoms with Crippen LogP contribution in [0.25, 0.3) is 0 Å². The average molecular weight is 291 g/mol. The molecule has 0 aromatic carbocycles. The van der Waals surface area contributed by atoms with E-state index in [0.29, 0.717) is 12.1 Å². The molecule has 2 bridgehead atoms. The second kappa shape index (κ2) is 5.75. The summed E-state index contributed by atoms with van der Waals surface area (Å²) in [4.78, 5) is 2.50. The molecule has 0 amide bonds. The second-order valence-corrected chi connectivity index (χ2v) is 6.78. The Kier molecular flexibility index (Phi) is 3.78. The van der Waals surface area contributed by atoms with Crippen LogP contribution in [0.5, 0.6) is 0 Å². The number of fused-ring (bicyclic) bond motifs is 2. The zero-order valence-corrected chi connectivity index (χ0v) is 12.8. The van der Waals surface area contributed by atoms with Crippen molar-refractivity contribution in [2.24, 2.45) is 5.92 Å². The van der Waals surface area contributed by atoms with Crippen LogP contribution in [0.1, 0.15) is 37.2 Å². The Labute approximate surface area is 126 Å². The molecule has 3 fully saturated rings. The predicted octanol–water partition coefficient (Wildman–Crippen LogP) is 2.75. The molecule has 0 unspecified atom stereocenters. The number of nitrogens with zero attached hydrogens (tertiary/aromatic N) is 1. The van der Waals surface area contributed by atoms with E-state index in [1.165, 1.54) is 19.3 Å². The van der Waals surface area contributed by atoms with Crippen molar-refractivity contribution in [3.05, 3.63) is 23.7 Å². The second-order valence-electron chi connectivity index (χ2n) is 6.78. The minimum Gasteiger partial charge on any atom is -0.465 e. The van der Waals surface area contributed by atoms with Crippen LogP contribution < -0.4 is 0 Å². The first-order valence-electron chi connectivity index (χ1n) is 8.32. The third-order valence-electron chi connectivity index (χ3n) is 5.05. The van der Waals surface area contributed by atoms with E-state index < -0.39 is 0 Å². The van der Waals surface area contributed by atoms with Gasteiger partial charge in [0, 0.05) is 19.2 Å². The van der Waals surface area contributed by atoms with E-state index in [-0.39, 0.29) is 6.10 Å². The first-order valence-corrected chi connectivity index (χ1v) is 8.32. The summed E-state index contributed by atoms with van der Waals surface area (Å²) in [6.45, 7) is 5.59. The molecule has 0 radical (unpaired) electrons. The van der Waals surface area contributed by atoms with Crippen molar-refractivity contribution in [2.45, 2.75) is 57.4 Å². The van der Waals surface area contributed by atoms with Crippen molar-refractivity contribution in [3.63, 3.8) is 0 Å². The van der Waals surface area contributed by atoms with E-state index in [1.54, 1.807) is 0 Å². The summed E-state index contributed by atoms with van der Waals surface area (Å²) in [5.74, 6) is 2.86. The van der Waals surface area contributed by atoms with Crippen LogP contribution in [-0.2, 0) is 16.0 Å². The van der Waals surface area contributed by atoms with Gasteiger partial charge in [-0.1, -0.05) is 0 Å². The van der Waals surface area contributed by atoms with Crippen molar-refractivity contribution in [2.75, 3.05) is 19.8 Å². The maximum atomic E-state index is 6.25. The highest BCUT2D eigenvalue weighted by Crippen LogP contribution is 2.35. The van der Waals surface area contributed by atoms with Crippen molar-refractivity contribution in [3.8, 4) is 0 Å². The van der Waals surface area contributed by atoms with Crippen molar-refractivity contribution < 1.29 is 13.9 Å². The third kappa shape index (κ3) is 3.03. The molecule has 2 heterocycles. The lowest BCUT2D eigenvalue weighted by Gasteiger charge is -2.30. The number of hydrogen-bond donors (Lipinski definition) is 0. The zero-order valence-electron chi connectivity index (χ0n) is 12.8. The molecule has 0 spiro atoms. The monoisotopic (exact) mass is 291 g/mol. The minimum absolute atomic E-state index is 0.254. The fraction of sp³-hybridized carbons (Fsp3) is 0.765. The summed E-state index contributed by atoms with van der Waals surface area (Å²) in [5, 5.41) is 0. The van der Waals surface area contributed by atoms with Gasteiger partial charge in [0.1, 0.15) is 11.5 Å². The molecule has 21 heavy (non-hydrogen) atoms. The van der Waals surface area contributed by atoms with Crippen LogP contribution in [0.3, 0.4) is 0 Å². The summed E-state index contributed by atoms with van der Waals surface area (Å²) in [6.07, 6.45) is 5.56. The topological polar surface area (TPSA) is 34.8 Å². The Hall–Kier alpha value is -0.840. The smallest absolute Gasteiger partial charge is 0.118 e. The Morgan fingerprint density at radius 3 is 2.90 bits per heavy atom. The molecule has 1 aromatic heterocycles. The number of furan rings is 1. The van der Waals surface area contributed by atoms with Gasteiger partial charge < -0.3 is 13.9 Å². The van der Waals surface area contributed by atoms with Crippen LogP contribution >= 0.6 is 0 Å². The van der Waals surface area contributed by atoms with E-state index in [4.69, 9.17) is 13.9 Å². The largest absolute Gasteiger partial charge is 0.465 e. The summed E-state index contributed by atoms with van der Waals surface area (Å²) in [6, 6.07) is 4.62. The van der Waals surface area contributed by atoms with Crippen LogP contribution in [-0.4, -0.2) is 42.9 Å². The summed E-state index contributed by atoms with van der Waals surface area (Å²) in [5.41, 5.74) is 0. The van der Waals surface area contributed by atoms with Crippen LogP contribution in [0.15, 0.2) is 16.5 Å². The Bertz CT molecular complexity index is 482. The molecule has 3 atom stereocenters. The molecule has 116 valence electrons. The Balaban J connectivity index is 1.44. The molecule has 1 saturated heterocycles. The average Bonchev–Trinajstić information content (AvgIpc) is 3.10. The quantitative estimate of drug-likeness (QED) is 0.835. The van der Waals surface area contributed by atoms with Gasteiger partial charge in [-0.25, -0.2) is 0 Å². The number of ether oxygens (including phenoxy) is 2. The molecule has 4 heteroatoms. The maximum absolute atomic E-state index is 6.25. The summed E-state index contributed by atoms with van der Waals surface area (Å²) in [7, 11) is 0. The lowest BCUT2D eigenvalue weighted by atomic mass is 10.1. The van der Waals surface area contributed by atoms with Crippen LogP contribution in [0.4, 0.5) is 0 Å². The fourth-order valence-corrected chi connectivity index (χ4v) is 3.68. The molecular formula is C17H25NO3. The molecule has 4 nitrogen and oxygen atoms in total. The van der Waals surface area contributed by atoms with Crippen LogP contribution in [0.2, 0.25) is 0 Å². The van der Waals surface area contributed by atoms with E-state index in [9.17, 15) is 0 Å². The maximum Gasteiger partial charge on any atom is 0.118 e. The lowest BCUT2D eigenvalue weighted by molar-refractivity contribution is -0.0574.